The molecular weight excluding hydrogens is 146 g/mol. The highest BCUT2D eigenvalue weighted by Crippen LogP contribution is 2.36. The van der Waals surface area contributed by atoms with Gasteiger partial charge in [0.15, 0.2) is 0 Å². The van der Waals surface area contributed by atoms with E-state index in [9.17, 15) is 0 Å². The lowest BCUT2D eigenvalue weighted by molar-refractivity contribution is 0.298. The fourth-order valence-corrected chi connectivity index (χ4v) is 1.26. The van der Waals surface area contributed by atoms with Gasteiger partial charge >= 0.3 is 0 Å². The topological polar surface area (TPSA) is 23.8 Å². The minimum atomic E-state index is 0.250. The zero-order valence-electron chi connectivity index (χ0n) is 7.96. The first-order valence-corrected chi connectivity index (χ1v) is 4.38. The molecular formula is C11H15N. The summed E-state index contributed by atoms with van der Waals surface area (Å²) in [6, 6.07) is 2.15. The Hall–Kier alpha value is -1.03. The average molecular weight is 161 g/mol. The Morgan fingerprint density at radius 3 is 2.58 bits per heavy atom. The monoisotopic (exact) mass is 161 g/mol. The highest BCUT2D eigenvalue weighted by atomic mass is 14.3. The minimum Gasteiger partial charge on any atom is -0.192 e. The summed E-state index contributed by atoms with van der Waals surface area (Å²) in [7, 11) is 0. The molecule has 0 aromatic carbocycles. The Morgan fingerprint density at radius 1 is 1.58 bits per heavy atom. The van der Waals surface area contributed by atoms with Crippen molar-refractivity contribution in [1.82, 2.24) is 0 Å². The van der Waals surface area contributed by atoms with Crippen molar-refractivity contribution in [2.24, 2.45) is 11.3 Å². The number of rotatable bonds is 1. The first kappa shape index (κ1) is 9.06. The van der Waals surface area contributed by atoms with Gasteiger partial charge in [-0.2, -0.15) is 5.26 Å². The maximum absolute atomic E-state index is 8.63. The lowest BCUT2D eigenvalue weighted by Gasteiger charge is -2.31. The second-order valence-electron chi connectivity index (χ2n) is 3.97. The van der Waals surface area contributed by atoms with Crippen LogP contribution in [0.1, 0.15) is 27.2 Å². The summed E-state index contributed by atoms with van der Waals surface area (Å²) in [5, 5.41) is 8.63. The molecule has 0 amide bonds. The first-order chi connectivity index (χ1) is 5.58. The summed E-state index contributed by atoms with van der Waals surface area (Å²) < 4.78 is 0. The number of nitrogens with zero attached hydrogens (tertiary/aromatic N) is 1. The third kappa shape index (κ3) is 1.58. The van der Waals surface area contributed by atoms with Crippen molar-refractivity contribution >= 4 is 0 Å². The smallest absolute Gasteiger partial charge is 0.0988 e. The normalized spacial score (nSPS) is 28.4. The van der Waals surface area contributed by atoms with Crippen molar-refractivity contribution in [2.75, 3.05) is 0 Å². The molecule has 0 N–H and O–H groups in total. The van der Waals surface area contributed by atoms with Gasteiger partial charge in [-0.1, -0.05) is 32.9 Å². The summed E-state index contributed by atoms with van der Waals surface area (Å²) >= 11 is 0. The van der Waals surface area contributed by atoms with Crippen LogP contribution in [0.3, 0.4) is 0 Å². The van der Waals surface area contributed by atoms with E-state index < -0.39 is 0 Å². The van der Waals surface area contributed by atoms with Crippen LogP contribution in [0.2, 0.25) is 0 Å². The second kappa shape index (κ2) is 3.15. The number of nitriles is 1. The zero-order valence-corrected chi connectivity index (χ0v) is 7.96. The van der Waals surface area contributed by atoms with Gasteiger partial charge in [0.2, 0.25) is 0 Å². The first-order valence-electron chi connectivity index (χ1n) is 4.38. The molecule has 1 aliphatic carbocycles. The Kier molecular flexibility index (Phi) is 2.38. The molecule has 0 saturated heterocycles. The number of hydrogen-bond acceptors (Lipinski definition) is 1. The van der Waals surface area contributed by atoms with Crippen molar-refractivity contribution in [2.45, 2.75) is 27.2 Å². The highest BCUT2D eigenvalue weighted by molar-refractivity contribution is 5.37. The maximum Gasteiger partial charge on any atom is 0.0988 e. The van der Waals surface area contributed by atoms with E-state index in [-0.39, 0.29) is 5.41 Å². The van der Waals surface area contributed by atoms with Crippen molar-refractivity contribution in [1.29, 1.82) is 5.26 Å². The Bertz CT molecular complexity index is 265. The molecule has 0 spiro atoms. The summed E-state index contributed by atoms with van der Waals surface area (Å²) in [6.07, 6.45) is 7.11. The fourth-order valence-electron chi connectivity index (χ4n) is 1.26. The van der Waals surface area contributed by atoms with Gasteiger partial charge in [0.1, 0.15) is 0 Å². The minimum absolute atomic E-state index is 0.250. The van der Waals surface area contributed by atoms with Gasteiger partial charge < -0.3 is 0 Å². The van der Waals surface area contributed by atoms with Gasteiger partial charge in [-0.15, -0.1) is 0 Å². The van der Waals surface area contributed by atoms with Crippen molar-refractivity contribution in [3.05, 3.63) is 23.8 Å². The number of hydrogen-bond donors (Lipinski definition) is 0. The highest BCUT2D eigenvalue weighted by Gasteiger charge is 2.25. The molecule has 1 nitrogen and oxygen atoms in total. The zero-order chi connectivity index (χ0) is 9.19. The maximum atomic E-state index is 8.63. The quantitative estimate of drug-likeness (QED) is 0.579. The average Bonchev–Trinajstić information content (AvgIpc) is 2.06. The fraction of sp³-hybridized carbons (Fsp3) is 0.545. The molecule has 1 aliphatic rings. The molecule has 0 bridgehead atoms. The molecule has 0 aromatic rings. The molecule has 0 fully saturated rings. The van der Waals surface area contributed by atoms with Crippen LogP contribution in [0.4, 0.5) is 0 Å². The van der Waals surface area contributed by atoms with Crippen LogP contribution < -0.4 is 0 Å². The van der Waals surface area contributed by atoms with Crippen LogP contribution in [0, 0.1) is 22.7 Å². The third-order valence-electron chi connectivity index (χ3n) is 2.85. The van der Waals surface area contributed by atoms with Crippen molar-refractivity contribution < 1.29 is 0 Å². The standard InChI is InChI=1S/C11H15N/c1-9(2)11(3)6-4-10(8-12)5-7-11/h4-6,9H,7H2,1-3H3. The lowest BCUT2D eigenvalue weighted by atomic mass is 9.73. The van der Waals surface area contributed by atoms with Crippen LogP contribution in [0.15, 0.2) is 23.8 Å². The molecule has 1 unspecified atom stereocenters. The molecule has 64 valence electrons. The predicted molar refractivity (Wildman–Crippen MR) is 50.4 cm³/mol. The van der Waals surface area contributed by atoms with Crippen molar-refractivity contribution in [3.63, 3.8) is 0 Å². The second-order valence-corrected chi connectivity index (χ2v) is 3.97. The van der Waals surface area contributed by atoms with E-state index >= 15 is 0 Å². The van der Waals surface area contributed by atoms with E-state index in [1.54, 1.807) is 0 Å². The molecule has 1 atom stereocenters. The van der Waals surface area contributed by atoms with Crippen LogP contribution in [-0.2, 0) is 0 Å². The van der Waals surface area contributed by atoms with E-state index in [0.717, 1.165) is 12.0 Å². The largest absolute Gasteiger partial charge is 0.192 e. The van der Waals surface area contributed by atoms with Gasteiger partial charge in [0, 0.05) is 5.57 Å². The van der Waals surface area contributed by atoms with Gasteiger partial charge in [0.05, 0.1) is 6.07 Å². The molecule has 0 saturated carbocycles. The van der Waals surface area contributed by atoms with Crippen LogP contribution >= 0.6 is 0 Å². The van der Waals surface area contributed by atoms with E-state index in [2.05, 4.69) is 32.9 Å². The van der Waals surface area contributed by atoms with Gasteiger partial charge in [-0.25, -0.2) is 0 Å². The predicted octanol–water partition coefficient (Wildman–Crippen LogP) is 3.06. The Labute approximate surface area is 74.4 Å². The summed E-state index contributed by atoms with van der Waals surface area (Å²) in [5.41, 5.74) is 1.05. The molecule has 1 heteroatoms. The molecule has 0 aliphatic heterocycles. The molecule has 12 heavy (non-hydrogen) atoms. The van der Waals surface area contributed by atoms with Crippen LogP contribution in [0.5, 0.6) is 0 Å². The van der Waals surface area contributed by atoms with E-state index in [0.29, 0.717) is 5.92 Å². The number of allylic oxidation sites excluding steroid dienone is 4. The summed E-state index contributed by atoms with van der Waals surface area (Å²) in [4.78, 5) is 0. The molecule has 0 heterocycles. The van der Waals surface area contributed by atoms with E-state index in [4.69, 9.17) is 5.26 Å². The molecule has 1 rings (SSSR count). The van der Waals surface area contributed by atoms with E-state index in [1.807, 2.05) is 12.2 Å². The molecule has 0 radical (unpaired) electrons. The lowest BCUT2D eigenvalue weighted by Crippen LogP contribution is -2.21. The summed E-state index contributed by atoms with van der Waals surface area (Å²) in [6.45, 7) is 6.67. The van der Waals surface area contributed by atoms with E-state index in [1.165, 1.54) is 0 Å². The van der Waals surface area contributed by atoms with Gasteiger partial charge in [0.25, 0.3) is 0 Å². The summed E-state index contributed by atoms with van der Waals surface area (Å²) in [5.74, 6) is 0.630. The van der Waals surface area contributed by atoms with Crippen molar-refractivity contribution in [3.8, 4) is 6.07 Å². The Morgan fingerprint density at radius 2 is 2.25 bits per heavy atom. The van der Waals surface area contributed by atoms with Crippen LogP contribution in [0.25, 0.3) is 0 Å². The van der Waals surface area contributed by atoms with Crippen LogP contribution in [-0.4, -0.2) is 0 Å². The van der Waals surface area contributed by atoms with Gasteiger partial charge in [-0.3, -0.25) is 0 Å². The SMILES string of the molecule is CC(C)C1(C)C=CC(C#N)=CC1. The third-order valence-corrected chi connectivity index (χ3v) is 2.85. The van der Waals surface area contributed by atoms with Gasteiger partial charge in [-0.05, 0) is 23.8 Å². The Balaban J connectivity index is 2.78. The molecule has 0 aromatic heterocycles.